The quantitative estimate of drug-likeness (QED) is 0.831. The molecule has 0 atom stereocenters. The summed E-state index contributed by atoms with van der Waals surface area (Å²) in [6.45, 7) is 5.92. The van der Waals surface area contributed by atoms with Gasteiger partial charge in [0, 0.05) is 5.69 Å². The number of fused-ring (bicyclic) bond motifs is 1. The minimum atomic E-state index is -0.692. The smallest absolute Gasteiger partial charge is 0.331 e. The summed E-state index contributed by atoms with van der Waals surface area (Å²) in [5.41, 5.74) is 3.14. The van der Waals surface area contributed by atoms with Crippen molar-refractivity contribution in [3.8, 4) is 0 Å². The number of carbonyl (C=O) groups is 1. The monoisotopic (exact) mass is 247 g/mol. The van der Waals surface area contributed by atoms with Crippen LogP contribution in [0, 0.1) is 0 Å². The van der Waals surface area contributed by atoms with E-state index in [9.17, 15) is 4.79 Å². The maximum atomic E-state index is 11.8. The zero-order valence-corrected chi connectivity index (χ0v) is 11.4. The van der Waals surface area contributed by atoms with Crippen LogP contribution < -0.4 is 5.32 Å². The predicted molar refractivity (Wildman–Crippen MR) is 72.8 cm³/mol. The van der Waals surface area contributed by atoms with Gasteiger partial charge in [-0.2, -0.15) is 0 Å². The van der Waals surface area contributed by atoms with Gasteiger partial charge in [0.1, 0.15) is 5.54 Å². The number of hydrogen-bond acceptors (Lipinski definition) is 3. The fourth-order valence-electron chi connectivity index (χ4n) is 2.37. The Morgan fingerprint density at radius 1 is 1.33 bits per heavy atom. The third-order valence-corrected chi connectivity index (χ3v) is 3.34. The van der Waals surface area contributed by atoms with E-state index in [0.717, 1.165) is 12.1 Å². The van der Waals surface area contributed by atoms with Crippen molar-refractivity contribution < 1.29 is 9.53 Å². The van der Waals surface area contributed by atoms with Gasteiger partial charge in [-0.1, -0.05) is 6.07 Å². The SMILES string of the molecule is CCOC(=O)C(C)(C)Nc1ccc2c(c1)CCC2. The molecule has 1 aliphatic rings. The third-order valence-electron chi connectivity index (χ3n) is 3.34. The Labute approximate surface area is 109 Å². The molecule has 0 aromatic heterocycles. The molecule has 0 spiro atoms. The summed E-state index contributed by atoms with van der Waals surface area (Å²) in [7, 11) is 0. The molecule has 2 rings (SSSR count). The van der Waals surface area contributed by atoms with E-state index in [0.29, 0.717) is 6.61 Å². The topological polar surface area (TPSA) is 38.3 Å². The largest absolute Gasteiger partial charge is 0.464 e. The molecule has 1 aromatic carbocycles. The van der Waals surface area contributed by atoms with E-state index in [-0.39, 0.29) is 5.97 Å². The Kier molecular flexibility index (Phi) is 3.60. The Balaban J connectivity index is 2.11. The number of hydrogen-bond donors (Lipinski definition) is 1. The summed E-state index contributed by atoms with van der Waals surface area (Å²) in [4.78, 5) is 11.8. The Hall–Kier alpha value is -1.51. The molecular weight excluding hydrogens is 226 g/mol. The number of rotatable bonds is 4. The van der Waals surface area contributed by atoms with Crippen molar-refractivity contribution in [2.24, 2.45) is 0 Å². The summed E-state index contributed by atoms with van der Waals surface area (Å²) in [6, 6.07) is 6.36. The van der Waals surface area contributed by atoms with Crippen LogP contribution in [0.1, 0.15) is 38.3 Å². The Morgan fingerprint density at radius 3 is 2.78 bits per heavy atom. The number of anilines is 1. The fraction of sp³-hybridized carbons (Fsp3) is 0.533. The number of aryl methyl sites for hydroxylation is 2. The minimum absolute atomic E-state index is 0.217. The Morgan fingerprint density at radius 2 is 2.06 bits per heavy atom. The predicted octanol–water partition coefficient (Wildman–Crippen LogP) is 2.93. The van der Waals surface area contributed by atoms with Gasteiger partial charge < -0.3 is 10.1 Å². The Bertz CT molecular complexity index is 452. The molecule has 0 amide bonds. The molecule has 1 N–H and O–H groups in total. The van der Waals surface area contributed by atoms with E-state index >= 15 is 0 Å². The molecule has 0 radical (unpaired) electrons. The molecule has 1 aromatic rings. The molecule has 0 aliphatic heterocycles. The maximum Gasteiger partial charge on any atom is 0.331 e. The van der Waals surface area contributed by atoms with Gasteiger partial charge >= 0.3 is 5.97 Å². The molecule has 0 unspecified atom stereocenters. The van der Waals surface area contributed by atoms with Crippen molar-refractivity contribution in [2.75, 3.05) is 11.9 Å². The van der Waals surface area contributed by atoms with E-state index in [1.165, 1.54) is 24.0 Å². The van der Waals surface area contributed by atoms with Crippen LogP contribution in [0.15, 0.2) is 18.2 Å². The summed E-state index contributed by atoms with van der Waals surface area (Å²) < 4.78 is 5.07. The lowest BCUT2D eigenvalue weighted by Gasteiger charge is -2.25. The van der Waals surface area contributed by atoms with Crippen molar-refractivity contribution in [3.63, 3.8) is 0 Å². The number of esters is 1. The lowest BCUT2D eigenvalue weighted by molar-refractivity contribution is -0.147. The van der Waals surface area contributed by atoms with Crippen LogP contribution in [0.4, 0.5) is 5.69 Å². The van der Waals surface area contributed by atoms with Crippen LogP contribution >= 0.6 is 0 Å². The molecule has 0 fully saturated rings. The lowest BCUT2D eigenvalue weighted by atomic mass is 10.0. The van der Waals surface area contributed by atoms with Gasteiger partial charge in [-0.25, -0.2) is 4.79 Å². The third kappa shape index (κ3) is 2.66. The highest BCUT2D eigenvalue weighted by Gasteiger charge is 2.29. The van der Waals surface area contributed by atoms with Crippen LogP contribution in [-0.4, -0.2) is 18.1 Å². The maximum absolute atomic E-state index is 11.8. The number of carbonyl (C=O) groups excluding carboxylic acids is 1. The van der Waals surface area contributed by atoms with Crippen molar-refractivity contribution >= 4 is 11.7 Å². The second-order valence-corrected chi connectivity index (χ2v) is 5.31. The summed E-state index contributed by atoms with van der Waals surface area (Å²) >= 11 is 0. The minimum Gasteiger partial charge on any atom is -0.464 e. The second kappa shape index (κ2) is 5.01. The molecule has 0 saturated heterocycles. The summed E-state index contributed by atoms with van der Waals surface area (Å²) in [5.74, 6) is -0.217. The lowest BCUT2D eigenvalue weighted by Crippen LogP contribution is -2.41. The van der Waals surface area contributed by atoms with E-state index < -0.39 is 5.54 Å². The first-order valence-electron chi connectivity index (χ1n) is 6.60. The molecule has 3 nitrogen and oxygen atoms in total. The standard InChI is InChI=1S/C15H21NO2/c1-4-18-14(17)15(2,3)16-13-9-8-11-6-5-7-12(11)10-13/h8-10,16H,4-7H2,1-3H3. The van der Waals surface area contributed by atoms with Gasteiger partial charge in [0.25, 0.3) is 0 Å². The van der Waals surface area contributed by atoms with Gasteiger partial charge in [0.05, 0.1) is 6.61 Å². The molecule has 0 saturated carbocycles. The fourth-order valence-corrected chi connectivity index (χ4v) is 2.37. The van der Waals surface area contributed by atoms with Crippen LogP contribution in [0.5, 0.6) is 0 Å². The van der Waals surface area contributed by atoms with Crippen molar-refractivity contribution in [2.45, 2.75) is 45.6 Å². The average molecular weight is 247 g/mol. The van der Waals surface area contributed by atoms with E-state index in [4.69, 9.17) is 4.74 Å². The van der Waals surface area contributed by atoms with Crippen molar-refractivity contribution in [1.82, 2.24) is 0 Å². The van der Waals surface area contributed by atoms with Gasteiger partial charge in [-0.05, 0) is 63.3 Å². The molecular formula is C15H21NO2. The second-order valence-electron chi connectivity index (χ2n) is 5.31. The molecule has 98 valence electrons. The first-order chi connectivity index (χ1) is 8.53. The number of benzene rings is 1. The summed E-state index contributed by atoms with van der Waals surface area (Å²) in [5, 5.41) is 3.26. The first kappa shape index (κ1) is 12.9. The summed E-state index contributed by atoms with van der Waals surface area (Å²) in [6.07, 6.45) is 3.56. The van der Waals surface area contributed by atoms with Crippen molar-refractivity contribution in [3.05, 3.63) is 29.3 Å². The van der Waals surface area contributed by atoms with Gasteiger partial charge in [0.15, 0.2) is 0 Å². The molecule has 0 heterocycles. The molecule has 18 heavy (non-hydrogen) atoms. The van der Waals surface area contributed by atoms with Gasteiger partial charge in [-0.15, -0.1) is 0 Å². The van der Waals surface area contributed by atoms with Crippen LogP contribution in [-0.2, 0) is 22.4 Å². The zero-order chi connectivity index (χ0) is 13.2. The van der Waals surface area contributed by atoms with Crippen molar-refractivity contribution in [1.29, 1.82) is 0 Å². The number of nitrogens with one attached hydrogen (secondary N) is 1. The van der Waals surface area contributed by atoms with E-state index in [1.807, 2.05) is 26.8 Å². The molecule has 1 aliphatic carbocycles. The van der Waals surface area contributed by atoms with Crippen LogP contribution in [0.2, 0.25) is 0 Å². The van der Waals surface area contributed by atoms with Gasteiger partial charge in [-0.3, -0.25) is 0 Å². The molecule has 3 heteroatoms. The van der Waals surface area contributed by atoms with Gasteiger partial charge in [0.2, 0.25) is 0 Å². The zero-order valence-electron chi connectivity index (χ0n) is 11.4. The van der Waals surface area contributed by atoms with Crippen LogP contribution in [0.25, 0.3) is 0 Å². The average Bonchev–Trinajstić information content (AvgIpc) is 2.76. The van der Waals surface area contributed by atoms with E-state index in [2.05, 4.69) is 17.4 Å². The highest BCUT2D eigenvalue weighted by atomic mass is 16.5. The van der Waals surface area contributed by atoms with Crippen LogP contribution in [0.3, 0.4) is 0 Å². The first-order valence-corrected chi connectivity index (χ1v) is 6.60. The molecule has 0 bridgehead atoms. The number of ether oxygens (including phenoxy) is 1. The highest BCUT2D eigenvalue weighted by Crippen LogP contribution is 2.26. The normalized spacial score (nSPS) is 14.2. The highest BCUT2D eigenvalue weighted by molar-refractivity contribution is 5.83. The van der Waals surface area contributed by atoms with E-state index in [1.54, 1.807) is 0 Å².